The number of benzene rings is 2. The van der Waals surface area contributed by atoms with Gasteiger partial charge in [-0.15, -0.1) is 0 Å². The van der Waals surface area contributed by atoms with Crippen molar-refractivity contribution in [2.75, 3.05) is 7.05 Å². The van der Waals surface area contributed by atoms with Crippen molar-refractivity contribution in [1.29, 1.82) is 0 Å². The minimum Gasteiger partial charge on any atom is -0.478 e. The number of carbonyl (C=O) groups is 3. The molecule has 234 valence electrons. The highest BCUT2D eigenvalue weighted by Crippen LogP contribution is 2.60. The van der Waals surface area contributed by atoms with Gasteiger partial charge in [-0.3, -0.25) is 14.7 Å². The van der Waals surface area contributed by atoms with E-state index in [0.29, 0.717) is 17.7 Å². The van der Waals surface area contributed by atoms with Gasteiger partial charge in [-0.05, 0) is 61.6 Å². The normalized spacial score (nSPS) is 17.1. The maximum Gasteiger partial charge on any atom is 0.398 e. The van der Waals surface area contributed by atoms with Crippen LogP contribution in [0.1, 0.15) is 62.5 Å². The topological polar surface area (TPSA) is 121 Å². The monoisotopic (exact) mass is 643 g/mol. The summed E-state index contributed by atoms with van der Waals surface area (Å²) in [5, 5.41) is 20.2. The Morgan fingerprint density at radius 2 is 1.93 bits per heavy atom. The van der Waals surface area contributed by atoms with Crippen LogP contribution < -0.4 is 0 Å². The number of rotatable bonds is 7. The number of carboxylic acid groups (broad SMARTS) is 1. The number of amides is 1. The van der Waals surface area contributed by atoms with Gasteiger partial charge in [-0.1, -0.05) is 23.7 Å². The average molecular weight is 644 g/mol. The highest BCUT2D eigenvalue weighted by atomic mass is 35.5. The van der Waals surface area contributed by atoms with Crippen molar-refractivity contribution in [3.63, 3.8) is 0 Å². The zero-order valence-corrected chi connectivity index (χ0v) is 24.5. The predicted molar refractivity (Wildman–Crippen MR) is 153 cm³/mol. The molecule has 2 aliphatic rings. The van der Waals surface area contributed by atoms with Crippen LogP contribution in [0.25, 0.3) is 11.3 Å². The van der Waals surface area contributed by atoms with Crippen LogP contribution in [0.15, 0.2) is 48.7 Å². The lowest BCUT2D eigenvalue weighted by molar-refractivity contribution is -0.160. The van der Waals surface area contributed by atoms with E-state index in [1.165, 1.54) is 35.2 Å². The first-order valence-electron chi connectivity index (χ1n) is 14.1. The first-order chi connectivity index (χ1) is 21.3. The Kier molecular flexibility index (Phi) is 7.54. The zero-order valence-electron chi connectivity index (χ0n) is 23.8. The van der Waals surface area contributed by atoms with Crippen molar-refractivity contribution in [1.82, 2.24) is 24.9 Å². The lowest BCUT2D eigenvalue weighted by atomic mass is 9.84. The van der Waals surface area contributed by atoms with Crippen molar-refractivity contribution in [3.8, 4) is 11.3 Å². The van der Waals surface area contributed by atoms with Crippen LogP contribution in [0.3, 0.4) is 0 Å². The smallest absolute Gasteiger partial charge is 0.398 e. The third kappa shape index (κ3) is 5.28. The molecule has 1 saturated carbocycles. The number of aromatic amines is 1. The number of halogens is 5. The Labute approximate surface area is 258 Å². The highest BCUT2D eigenvalue weighted by Gasteiger charge is 2.65. The fourth-order valence-electron chi connectivity index (χ4n) is 6.14. The molecular formula is C31H26ClF4N5O4. The summed E-state index contributed by atoms with van der Waals surface area (Å²) in [6, 6.07) is 8.89. The Balaban J connectivity index is 1.45. The summed E-state index contributed by atoms with van der Waals surface area (Å²) >= 11 is 6.41. The van der Waals surface area contributed by atoms with Crippen molar-refractivity contribution >= 4 is 29.4 Å². The molecule has 2 aliphatic carbocycles. The second kappa shape index (κ2) is 11.1. The van der Waals surface area contributed by atoms with Crippen molar-refractivity contribution in [3.05, 3.63) is 93.1 Å². The van der Waals surface area contributed by atoms with E-state index in [0.717, 1.165) is 10.7 Å². The molecule has 4 aromatic rings. The van der Waals surface area contributed by atoms with E-state index >= 15 is 4.39 Å². The second-order valence-electron chi connectivity index (χ2n) is 11.4. The minimum atomic E-state index is -4.63. The van der Waals surface area contributed by atoms with Gasteiger partial charge in [0.25, 0.3) is 5.91 Å². The molecule has 1 amide bonds. The Hall–Kier alpha value is -4.52. The van der Waals surface area contributed by atoms with Gasteiger partial charge in [-0.25, -0.2) is 9.18 Å². The van der Waals surface area contributed by atoms with Crippen molar-refractivity contribution in [2.45, 2.75) is 50.2 Å². The van der Waals surface area contributed by atoms with E-state index in [4.69, 9.17) is 11.6 Å². The summed E-state index contributed by atoms with van der Waals surface area (Å²) < 4.78 is 58.9. The maximum atomic E-state index is 15.3. The van der Waals surface area contributed by atoms with E-state index in [1.807, 2.05) is 0 Å². The van der Waals surface area contributed by atoms with Crippen molar-refractivity contribution in [2.24, 2.45) is 5.92 Å². The van der Waals surface area contributed by atoms with Gasteiger partial charge in [0.15, 0.2) is 0 Å². The molecule has 2 aromatic carbocycles. The van der Waals surface area contributed by atoms with Crippen LogP contribution in [-0.4, -0.2) is 61.0 Å². The lowest BCUT2D eigenvalue weighted by Crippen LogP contribution is -2.36. The Morgan fingerprint density at radius 3 is 2.56 bits per heavy atom. The van der Waals surface area contributed by atoms with E-state index < -0.39 is 35.2 Å². The molecule has 2 heterocycles. The summed E-state index contributed by atoms with van der Waals surface area (Å²) in [6.45, 7) is 0.245. The van der Waals surface area contributed by atoms with Crippen LogP contribution in [0, 0.1) is 11.7 Å². The fourth-order valence-corrected chi connectivity index (χ4v) is 6.40. The molecule has 14 heteroatoms. The van der Waals surface area contributed by atoms with Gasteiger partial charge in [0.2, 0.25) is 5.91 Å². The SMILES string of the molecule is CN(Cc1ccn[nH]1)C(=O)[C@H]1CCc2c(-c3ccc(C(=O)O)cc3F)nn(C(=O)c3c(Cl)cccc3C3(C(F)(F)F)CC3)c2C1. The highest BCUT2D eigenvalue weighted by molar-refractivity contribution is 6.34. The third-order valence-electron chi connectivity index (χ3n) is 8.66. The molecule has 0 saturated heterocycles. The van der Waals surface area contributed by atoms with Crippen LogP contribution in [0.5, 0.6) is 0 Å². The number of carbonyl (C=O) groups excluding carboxylic acids is 2. The first-order valence-corrected chi connectivity index (χ1v) is 14.5. The number of nitrogens with zero attached hydrogens (tertiary/aromatic N) is 4. The molecule has 0 unspecified atom stereocenters. The van der Waals surface area contributed by atoms with Gasteiger partial charge < -0.3 is 10.0 Å². The molecule has 0 radical (unpaired) electrons. The van der Waals surface area contributed by atoms with Gasteiger partial charge >= 0.3 is 12.1 Å². The molecule has 1 atom stereocenters. The number of hydrogen-bond donors (Lipinski definition) is 2. The number of carboxylic acids is 1. The van der Waals surface area contributed by atoms with Gasteiger partial charge in [0.05, 0.1) is 45.2 Å². The average Bonchev–Trinajstić information content (AvgIpc) is 3.52. The van der Waals surface area contributed by atoms with E-state index in [-0.39, 0.29) is 76.8 Å². The predicted octanol–water partition coefficient (Wildman–Crippen LogP) is 5.81. The first kappa shape index (κ1) is 30.5. The number of alkyl halides is 3. The number of H-pyrrole nitrogens is 1. The molecule has 45 heavy (non-hydrogen) atoms. The van der Waals surface area contributed by atoms with E-state index in [9.17, 15) is 32.7 Å². The standard InChI is InChI=1S/C31H26ClF4N5O4/c1-40(15-18-9-12-37-38-18)27(42)16-5-8-20-24(14-16)41(39-26(20)19-7-6-17(29(44)45)13-23(19)33)28(43)25-21(3-2-4-22(25)32)30(10-11-30)31(34,35)36/h2-4,6-7,9,12-13,16H,5,8,10-11,14-15H2,1H3,(H,37,38)(H,44,45)/t16-/m0/s1. The largest absolute Gasteiger partial charge is 0.478 e. The van der Waals surface area contributed by atoms with Gasteiger partial charge in [0, 0.05) is 36.7 Å². The van der Waals surface area contributed by atoms with E-state index in [2.05, 4.69) is 15.3 Å². The summed E-state index contributed by atoms with van der Waals surface area (Å²) in [5.41, 5.74) is -1.81. The van der Waals surface area contributed by atoms with Crippen LogP contribution in [-0.2, 0) is 29.6 Å². The molecule has 2 N–H and O–H groups in total. The van der Waals surface area contributed by atoms with E-state index in [1.54, 1.807) is 19.3 Å². The summed E-state index contributed by atoms with van der Waals surface area (Å²) in [7, 11) is 1.62. The number of hydrogen-bond acceptors (Lipinski definition) is 5. The molecule has 0 spiro atoms. The molecule has 9 nitrogen and oxygen atoms in total. The summed E-state index contributed by atoms with van der Waals surface area (Å²) in [6.07, 6.45) is -2.96. The quantitative estimate of drug-likeness (QED) is 0.245. The molecule has 6 rings (SSSR count). The lowest BCUT2D eigenvalue weighted by Gasteiger charge is -2.27. The Morgan fingerprint density at radius 1 is 1.18 bits per heavy atom. The molecule has 0 aliphatic heterocycles. The molecular weight excluding hydrogens is 618 g/mol. The fraction of sp³-hybridized carbons (Fsp3) is 0.323. The molecule has 1 fully saturated rings. The Bertz CT molecular complexity index is 1830. The van der Waals surface area contributed by atoms with Gasteiger partial charge in [0.1, 0.15) is 5.82 Å². The number of nitrogens with one attached hydrogen (secondary N) is 1. The zero-order chi connectivity index (χ0) is 32.3. The summed E-state index contributed by atoms with van der Waals surface area (Å²) in [4.78, 5) is 40.6. The third-order valence-corrected chi connectivity index (χ3v) is 8.98. The summed E-state index contributed by atoms with van der Waals surface area (Å²) in [5.74, 6) is -4.03. The van der Waals surface area contributed by atoms with Crippen LogP contribution in [0.2, 0.25) is 5.02 Å². The van der Waals surface area contributed by atoms with Gasteiger partial charge in [-0.2, -0.15) is 28.1 Å². The maximum absolute atomic E-state index is 15.3. The number of fused-ring (bicyclic) bond motifs is 1. The minimum absolute atomic E-state index is 0.000743. The van der Waals surface area contributed by atoms with Crippen molar-refractivity contribution < 1.29 is 37.1 Å². The van der Waals surface area contributed by atoms with Crippen LogP contribution >= 0.6 is 11.6 Å². The second-order valence-corrected chi connectivity index (χ2v) is 11.9. The molecule has 2 aromatic heterocycles. The van der Waals surface area contributed by atoms with Crippen LogP contribution in [0.4, 0.5) is 17.6 Å². The molecule has 0 bridgehead atoms. The number of aromatic carboxylic acids is 1. The number of aromatic nitrogens is 4.